The highest BCUT2D eigenvalue weighted by atomic mass is 19.4. The van der Waals surface area contributed by atoms with Gasteiger partial charge in [0.25, 0.3) is 0 Å². The molecule has 1 fully saturated rings. The van der Waals surface area contributed by atoms with E-state index in [0.29, 0.717) is 5.56 Å². The number of rotatable bonds is 4. The van der Waals surface area contributed by atoms with E-state index >= 15 is 0 Å². The fraction of sp³-hybridized carbons (Fsp3) is 0.389. The van der Waals surface area contributed by atoms with E-state index < -0.39 is 49.0 Å². The smallest absolute Gasteiger partial charge is 0.333 e. The molecule has 5 nitrogen and oxygen atoms in total. The summed E-state index contributed by atoms with van der Waals surface area (Å²) in [6.07, 6.45) is -7.60. The molecule has 3 rings (SSSR count). The maximum Gasteiger partial charge on any atom is 0.416 e. The number of aromatic nitrogens is 3. The standard InChI is InChI=1S/C18H15F7N4O/c1-11-4-12(6-13(5-11)18(23,24)25)15-26-10-29(27-15)3-2-14(30)28-8-16(19,9-28)7-17(20,21)22/h2-6,10H,7-9H2,1H3/b3-2-. The molecular formula is C18H15F7N4O. The molecule has 1 amide bonds. The quantitative estimate of drug-likeness (QED) is 0.532. The summed E-state index contributed by atoms with van der Waals surface area (Å²) in [6.45, 7) is 0.134. The van der Waals surface area contributed by atoms with Gasteiger partial charge in [-0.2, -0.15) is 26.3 Å². The molecule has 1 aliphatic rings. The fourth-order valence-electron chi connectivity index (χ4n) is 3.07. The predicted octanol–water partition coefficient (Wildman–Crippen LogP) is 4.25. The maximum absolute atomic E-state index is 13.9. The third-order valence-corrected chi connectivity index (χ3v) is 4.32. The number of hydrogen-bond acceptors (Lipinski definition) is 3. The molecule has 1 aromatic carbocycles. The minimum Gasteiger partial charge on any atom is -0.333 e. The van der Waals surface area contributed by atoms with Gasteiger partial charge in [0.1, 0.15) is 6.33 Å². The number of aryl methyl sites for hydroxylation is 1. The molecule has 1 saturated heterocycles. The Morgan fingerprint density at radius 2 is 1.83 bits per heavy atom. The molecule has 30 heavy (non-hydrogen) atoms. The Balaban J connectivity index is 1.66. The van der Waals surface area contributed by atoms with Gasteiger partial charge in [0.15, 0.2) is 11.5 Å². The first kappa shape index (κ1) is 21.8. The number of amides is 1. The van der Waals surface area contributed by atoms with Gasteiger partial charge in [0, 0.05) is 17.8 Å². The SMILES string of the molecule is Cc1cc(-c2ncn(/C=C\C(=O)N3CC(F)(CC(F)(F)F)C3)n2)cc(C(F)(F)F)c1. The zero-order valence-electron chi connectivity index (χ0n) is 15.4. The molecule has 162 valence electrons. The van der Waals surface area contributed by atoms with E-state index in [2.05, 4.69) is 10.1 Å². The molecule has 2 aromatic rings. The topological polar surface area (TPSA) is 51.0 Å². The van der Waals surface area contributed by atoms with Crippen LogP contribution in [0.15, 0.2) is 30.6 Å². The van der Waals surface area contributed by atoms with Gasteiger partial charge in [0.05, 0.1) is 25.1 Å². The lowest BCUT2D eigenvalue weighted by atomic mass is 9.92. The van der Waals surface area contributed by atoms with Gasteiger partial charge in [-0.15, -0.1) is 5.10 Å². The molecule has 0 bridgehead atoms. The van der Waals surface area contributed by atoms with Crippen molar-refractivity contribution in [3.63, 3.8) is 0 Å². The van der Waals surface area contributed by atoms with Gasteiger partial charge in [0.2, 0.25) is 5.91 Å². The maximum atomic E-state index is 13.9. The van der Waals surface area contributed by atoms with Crippen LogP contribution in [-0.2, 0) is 11.0 Å². The van der Waals surface area contributed by atoms with Crippen molar-refractivity contribution in [2.75, 3.05) is 13.1 Å². The first-order valence-corrected chi connectivity index (χ1v) is 8.57. The molecule has 0 atom stereocenters. The highest BCUT2D eigenvalue weighted by Crippen LogP contribution is 2.37. The highest BCUT2D eigenvalue weighted by Gasteiger charge is 2.52. The Labute approximate surface area is 165 Å². The van der Waals surface area contributed by atoms with Crippen LogP contribution in [0.3, 0.4) is 0 Å². The Kier molecular flexibility index (Phi) is 5.37. The first-order chi connectivity index (χ1) is 13.7. The van der Waals surface area contributed by atoms with Crippen LogP contribution in [0.4, 0.5) is 30.7 Å². The van der Waals surface area contributed by atoms with Crippen LogP contribution in [-0.4, -0.2) is 50.5 Å². The number of benzene rings is 1. The van der Waals surface area contributed by atoms with Crippen LogP contribution in [0.1, 0.15) is 17.5 Å². The monoisotopic (exact) mass is 436 g/mol. The number of alkyl halides is 7. The van der Waals surface area contributed by atoms with Crippen molar-refractivity contribution in [2.45, 2.75) is 31.4 Å². The first-order valence-electron chi connectivity index (χ1n) is 8.57. The van der Waals surface area contributed by atoms with E-state index in [4.69, 9.17) is 0 Å². The van der Waals surface area contributed by atoms with E-state index in [9.17, 15) is 35.5 Å². The van der Waals surface area contributed by atoms with E-state index in [-0.39, 0.29) is 11.4 Å². The van der Waals surface area contributed by atoms with Gasteiger partial charge < -0.3 is 4.90 Å². The Hall–Kier alpha value is -2.92. The van der Waals surface area contributed by atoms with Crippen LogP contribution in [0.2, 0.25) is 0 Å². The molecule has 0 saturated carbocycles. The third kappa shape index (κ3) is 5.16. The number of likely N-dealkylation sites (tertiary alicyclic amines) is 1. The molecule has 12 heteroatoms. The molecular weight excluding hydrogens is 421 g/mol. The summed E-state index contributed by atoms with van der Waals surface area (Å²) in [6, 6.07) is 3.34. The van der Waals surface area contributed by atoms with E-state index in [1.807, 2.05) is 0 Å². The second-order valence-electron chi connectivity index (χ2n) is 7.09. The number of nitrogens with zero attached hydrogens (tertiary/aromatic N) is 4. The lowest BCUT2D eigenvalue weighted by molar-refractivity contribution is -0.187. The van der Waals surface area contributed by atoms with E-state index in [1.54, 1.807) is 0 Å². The van der Waals surface area contributed by atoms with Crippen LogP contribution < -0.4 is 0 Å². The molecule has 0 spiro atoms. The third-order valence-electron chi connectivity index (χ3n) is 4.32. The summed E-state index contributed by atoms with van der Waals surface area (Å²) in [4.78, 5) is 16.7. The van der Waals surface area contributed by atoms with Crippen LogP contribution in [0.25, 0.3) is 17.6 Å². The largest absolute Gasteiger partial charge is 0.416 e. The van der Waals surface area contributed by atoms with Crippen molar-refractivity contribution >= 4 is 12.1 Å². The summed E-state index contributed by atoms with van der Waals surface area (Å²) in [5.41, 5.74) is -2.87. The Morgan fingerprint density at radius 1 is 1.17 bits per heavy atom. The van der Waals surface area contributed by atoms with E-state index in [0.717, 1.165) is 40.3 Å². The van der Waals surface area contributed by atoms with E-state index in [1.165, 1.54) is 13.0 Å². The number of carbonyl (C=O) groups excluding carboxylic acids is 1. The average molecular weight is 436 g/mol. The summed E-state index contributed by atoms with van der Waals surface area (Å²) in [7, 11) is 0. The van der Waals surface area contributed by atoms with Gasteiger partial charge in [-0.25, -0.2) is 14.1 Å². The van der Waals surface area contributed by atoms with Crippen molar-refractivity contribution in [1.82, 2.24) is 19.7 Å². The van der Waals surface area contributed by atoms with Crippen molar-refractivity contribution in [2.24, 2.45) is 0 Å². The molecule has 1 aliphatic heterocycles. The van der Waals surface area contributed by atoms with Gasteiger partial charge in [-0.3, -0.25) is 4.79 Å². The summed E-state index contributed by atoms with van der Waals surface area (Å²) >= 11 is 0. The number of halogens is 7. The summed E-state index contributed by atoms with van der Waals surface area (Å²) in [5, 5.41) is 3.95. The molecule has 0 unspecified atom stereocenters. The number of hydrogen-bond donors (Lipinski definition) is 0. The minimum atomic E-state index is -4.67. The predicted molar refractivity (Wildman–Crippen MR) is 91.6 cm³/mol. The summed E-state index contributed by atoms with van der Waals surface area (Å²) in [5.74, 6) is -0.740. The molecule has 0 N–H and O–H groups in total. The summed E-state index contributed by atoms with van der Waals surface area (Å²) < 4.78 is 90.6. The zero-order chi connectivity index (χ0) is 22.3. The molecule has 0 aliphatic carbocycles. The minimum absolute atomic E-state index is 0.0156. The average Bonchev–Trinajstić information content (AvgIpc) is 3.03. The van der Waals surface area contributed by atoms with Gasteiger partial charge in [-0.1, -0.05) is 0 Å². The van der Waals surface area contributed by atoms with Crippen LogP contribution in [0, 0.1) is 6.92 Å². The van der Waals surface area contributed by atoms with Crippen molar-refractivity contribution in [3.05, 3.63) is 41.7 Å². The fourth-order valence-corrected chi connectivity index (χ4v) is 3.07. The lowest BCUT2D eigenvalue weighted by Crippen LogP contribution is -2.61. The van der Waals surface area contributed by atoms with Crippen LogP contribution >= 0.6 is 0 Å². The van der Waals surface area contributed by atoms with Crippen molar-refractivity contribution in [1.29, 1.82) is 0 Å². The molecule has 0 radical (unpaired) electrons. The Morgan fingerprint density at radius 3 is 2.43 bits per heavy atom. The van der Waals surface area contributed by atoms with Crippen molar-refractivity contribution in [3.8, 4) is 11.4 Å². The molecule has 1 aromatic heterocycles. The normalized spacial score (nSPS) is 16.7. The molecule has 2 heterocycles. The van der Waals surface area contributed by atoms with Gasteiger partial charge >= 0.3 is 12.4 Å². The van der Waals surface area contributed by atoms with Crippen molar-refractivity contribution < 1.29 is 35.5 Å². The van der Waals surface area contributed by atoms with Gasteiger partial charge in [-0.05, 0) is 30.7 Å². The zero-order valence-corrected chi connectivity index (χ0v) is 15.4. The second kappa shape index (κ2) is 7.40. The lowest BCUT2D eigenvalue weighted by Gasteiger charge is -2.44. The Bertz CT molecular complexity index is 972. The second-order valence-corrected chi connectivity index (χ2v) is 7.09. The highest BCUT2D eigenvalue weighted by molar-refractivity contribution is 5.91. The number of carbonyl (C=O) groups is 1. The van der Waals surface area contributed by atoms with Crippen LogP contribution in [0.5, 0.6) is 0 Å².